The molecule has 136 valence electrons. The van der Waals surface area contributed by atoms with Gasteiger partial charge in [0.05, 0.1) is 10.6 Å². The molecule has 0 atom stereocenters. The first-order valence-electron chi connectivity index (χ1n) is 8.42. The highest BCUT2D eigenvalue weighted by molar-refractivity contribution is 7.89. The fourth-order valence-corrected chi connectivity index (χ4v) is 4.82. The topological polar surface area (TPSA) is 62.3 Å². The van der Waals surface area contributed by atoms with Gasteiger partial charge >= 0.3 is 0 Å². The third kappa shape index (κ3) is 3.95. The van der Waals surface area contributed by atoms with Crippen LogP contribution in [-0.2, 0) is 10.0 Å². The Morgan fingerprint density at radius 3 is 2.27 bits per heavy atom. The van der Waals surface area contributed by atoms with E-state index in [9.17, 15) is 8.42 Å². The van der Waals surface area contributed by atoms with E-state index in [2.05, 4.69) is 10.3 Å². The summed E-state index contributed by atoms with van der Waals surface area (Å²) < 4.78 is 26.5. The molecule has 0 bridgehead atoms. The molecule has 0 aliphatic rings. The van der Waals surface area contributed by atoms with E-state index in [-0.39, 0.29) is 0 Å². The summed E-state index contributed by atoms with van der Waals surface area (Å²) in [4.78, 5) is 4.88. The van der Waals surface area contributed by atoms with Gasteiger partial charge in [-0.3, -0.25) is 0 Å². The predicted octanol–water partition coefficient (Wildman–Crippen LogP) is 4.58. The van der Waals surface area contributed by atoms with Crippen LogP contribution in [0, 0.1) is 0 Å². The second kappa shape index (κ2) is 7.99. The molecule has 0 fully saturated rings. The standard InChI is InChI=1S/C19H21N3O2S2/c1-3-22(4-2)26(23,24)17-12-10-16(11-13-17)20-19-21-18(14-25-19)15-8-6-5-7-9-15/h5-14H,3-4H2,1-2H3,(H,20,21). The fraction of sp³-hybridized carbons (Fsp3) is 0.211. The van der Waals surface area contributed by atoms with Crippen LogP contribution in [0.1, 0.15) is 13.8 Å². The summed E-state index contributed by atoms with van der Waals surface area (Å²) in [5, 5.41) is 5.99. The molecule has 0 amide bonds. The van der Waals surface area contributed by atoms with Gasteiger partial charge in [0.25, 0.3) is 0 Å². The Morgan fingerprint density at radius 2 is 1.65 bits per heavy atom. The molecule has 3 rings (SSSR count). The molecule has 5 nitrogen and oxygen atoms in total. The second-order valence-corrected chi connectivity index (χ2v) is 8.44. The van der Waals surface area contributed by atoms with E-state index >= 15 is 0 Å². The Labute approximate surface area is 158 Å². The average Bonchev–Trinajstić information content (AvgIpc) is 3.12. The minimum Gasteiger partial charge on any atom is -0.332 e. The molecule has 0 radical (unpaired) electrons. The minimum atomic E-state index is -3.43. The summed E-state index contributed by atoms with van der Waals surface area (Å²) >= 11 is 1.51. The molecule has 1 N–H and O–H groups in total. The summed E-state index contributed by atoms with van der Waals surface area (Å²) in [5.41, 5.74) is 2.79. The normalized spacial score (nSPS) is 11.7. The van der Waals surface area contributed by atoms with Gasteiger partial charge < -0.3 is 5.32 Å². The molecule has 0 saturated carbocycles. The molecule has 1 heterocycles. The van der Waals surface area contributed by atoms with Crippen molar-refractivity contribution in [3.63, 3.8) is 0 Å². The molecular weight excluding hydrogens is 366 g/mol. The van der Waals surface area contributed by atoms with E-state index in [0.717, 1.165) is 22.1 Å². The maximum atomic E-state index is 12.5. The molecular formula is C19H21N3O2S2. The fourth-order valence-electron chi connectivity index (χ4n) is 2.62. The van der Waals surface area contributed by atoms with Crippen LogP contribution in [0.2, 0.25) is 0 Å². The van der Waals surface area contributed by atoms with Crippen LogP contribution in [0.5, 0.6) is 0 Å². The molecule has 0 aliphatic carbocycles. The highest BCUT2D eigenvalue weighted by Gasteiger charge is 2.21. The Balaban J connectivity index is 1.75. The van der Waals surface area contributed by atoms with E-state index in [0.29, 0.717) is 18.0 Å². The predicted molar refractivity (Wildman–Crippen MR) is 107 cm³/mol. The first kappa shape index (κ1) is 18.6. The zero-order chi connectivity index (χ0) is 18.6. The van der Waals surface area contributed by atoms with Crippen LogP contribution in [0.4, 0.5) is 10.8 Å². The molecule has 26 heavy (non-hydrogen) atoms. The number of thiazole rings is 1. The molecule has 7 heteroatoms. The van der Waals surface area contributed by atoms with Crippen molar-refractivity contribution in [3.05, 3.63) is 60.0 Å². The van der Waals surface area contributed by atoms with Crippen LogP contribution in [0.15, 0.2) is 64.9 Å². The first-order valence-corrected chi connectivity index (χ1v) is 10.7. The number of nitrogens with one attached hydrogen (secondary N) is 1. The summed E-state index contributed by atoms with van der Waals surface area (Å²) in [6, 6.07) is 16.8. The first-order chi connectivity index (χ1) is 12.5. The van der Waals surface area contributed by atoms with Crippen molar-refractivity contribution in [2.75, 3.05) is 18.4 Å². The Kier molecular flexibility index (Phi) is 5.70. The average molecular weight is 388 g/mol. The lowest BCUT2D eigenvalue weighted by atomic mass is 10.2. The zero-order valence-electron chi connectivity index (χ0n) is 14.7. The van der Waals surface area contributed by atoms with Crippen molar-refractivity contribution in [2.24, 2.45) is 0 Å². The number of aromatic nitrogens is 1. The number of benzene rings is 2. The maximum Gasteiger partial charge on any atom is 0.243 e. The van der Waals surface area contributed by atoms with Crippen LogP contribution < -0.4 is 5.32 Å². The smallest absolute Gasteiger partial charge is 0.243 e. The summed E-state index contributed by atoms with van der Waals surface area (Å²) in [6.07, 6.45) is 0. The quantitative estimate of drug-likeness (QED) is 0.644. The Bertz CT molecular complexity index is 948. The number of hydrogen-bond acceptors (Lipinski definition) is 5. The minimum absolute atomic E-state index is 0.302. The van der Waals surface area contributed by atoms with Gasteiger partial charge in [-0.25, -0.2) is 13.4 Å². The van der Waals surface area contributed by atoms with Gasteiger partial charge in [-0.05, 0) is 24.3 Å². The largest absolute Gasteiger partial charge is 0.332 e. The van der Waals surface area contributed by atoms with Crippen molar-refractivity contribution < 1.29 is 8.42 Å². The number of nitrogens with zero attached hydrogens (tertiary/aromatic N) is 2. The highest BCUT2D eigenvalue weighted by Crippen LogP contribution is 2.27. The maximum absolute atomic E-state index is 12.5. The van der Waals surface area contributed by atoms with Gasteiger partial charge in [-0.1, -0.05) is 44.2 Å². The summed E-state index contributed by atoms with van der Waals surface area (Å²) in [6.45, 7) is 4.59. The van der Waals surface area contributed by atoms with Crippen LogP contribution in [0.3, 0.4) is 0 Å². The van der Waals surface area contributed by atoms with Crippen molar-refractivity contribution in [1.82, 2.24) is 9.29 Å². The van der Waals surface area contributed by atoms with E-state index in [1.54, 1.807) is 24.3 Å². The molecule has 1 aromatic heterocycles. The molecule has 0 aliphatic heterocycles. The van der Waals surface area contributed by atoms with Crippen molar-refractivity contribution in [3.8, 4) is 11.3 Å². The van der Waals surface area contributed by atoms with Gasteiger partial charge in [-0.2, -0.15) is 4.31 Å². The number of sulfonamides is 1. The summed E-state index contributed by atoms with van der Waals surface area (Å²) in [7, 11) is -3.43. The molecule has 0 saturated heterocycles. The van der Waals surface area contributed by atoms with Crippen LogP contribution in [0.25, 0.3) is 11.3 Å². The van der Waals surface area contributed by atoms with E-state index in [4.69, 9.17) is 0 Å². The Hall–Kier alpha value is -2.22. The number of anilines is 2. The van der Waals surface area contributed by atoms with Crippen molar-refractivity contribution in [1.29, 1.82) is 0 Å². The van der Waals surface area contributed by atoms with Crippen LogP contribution in [-0.4, -0.2) is 30.8 Å². The van der Waals surface area contributed by atoms with Gasteiger partial charge in [0.1, 0.15) is 0 Å². The third-order valence-electron chi connectivity index (χ3n) is 4.02. The highest BCUT2D eigenvalue weighted by atomic mass is 32.2. The SMILES string of the molecule is CCN(CC)S(=O)(=O)c1ccc(Nc2nc(-c3ccccc3)cs2)cc1. The van der Waals surface area contributed by atoms with E-state index in [1.807, 2.05) is 49.6 Å². The van der Waals surface area contributed by atoms with E-state index in [1.165, 1.54) is 15.6 Å². The second-order valence-electron chi connectivity index (χ2n) is 5.64. The molecule has 0 unspecified atom stereocenters. The number of rotatable bonds is 7. The third-order valence-corrected chi connectivity index (χ3v) is 6.84. The van der Waals surface area contributed by atoms with Crippen LogP contribution >= 0.6 is 11.3 Å². The lowest BCUT2D eigenvalue weighted by Crippen LogP contribution is -2.30. The van der Waals surface area contributed by atoms with E-state index < -0.39 is 10.0 Å². The van der Waals surface area contributed by atoms with Crippen molar-refractivity contribution >= 4 is 32.2 Å². The van der Waals surface area contributed by atoms with Crippen molar-refractivity contribution in [2.45, 2.75) is 18.7 Å². The molecule has 3 aromatic rings. The molecule has 0 spiro atoms. The molecule has 2 aromatic carbocycles. The lowest BCUT2D eigenvalue weighted by Gasteiger charge is -2.18. The lowest BCUT2D eigenvalue weighted by molar-refractivity contribution is 0.445. The summed E-state index contributed by atoms with van der Waals surface area (Å²) in [5.74, 6) is 0. The number of hydrogen-bond donors (Lipinski definition) is 1. The van der Waals surface area contributed by atoms with Gasteiger partial charge in [0.2, 0.25) is 10.0 Å². The zero-order valence-corrected chi connectivity index (χ0v) is 16.3. The monoisotopic (exact) mass is 387 g/mol. The Morgan fingerprint density at radius 1 is 1.00 bits per heavy atom. The van der Waals surface area contributed by atoms with Gasteiger partial charge in [0, 0.05) is 29.7 Å². The van der Waals surface area contributed by atoms with Gasteiger partial charge in [0.15, 0.2) is 5.13 Å². The van der Waals surface area contributed by atoms with Gasteiger partial charge in [-0.15, -0.1) is 11.3 Å².